The highest BCUT2D eigenvalue weighted by Gasteiger charge is 2.32. The lowest BCUT2D eigenvalue weighted by Gasteiger charge is -2.25. The minimum Gasteiger partial charge on any atom is -0.511 e. The zero-order valence-electron chi connectivity index (χ0n) is 9.74. The summed E-state index contributed by atoms with van der Waals surface area (Å²) < 4.78 is 4.43. The molecule has 90 valence electrons. The number of rotatable bonds is 3. The van der Waals surface area contributed by atoms with Gasteiger partial charge in [-0.25, -0.2) is 4.79 Å². The van der Waals surface area contributed by atoms with Crippen molar-refractivity contribution in [1.29, 1.82) is 0 Å². The number of carbonyl (C=O) groups excluding carboxylic acids is 2. The molecule has 0 radical (unpaired) electrons. The number of hydrogen-bond donors (Lipinski definition) is 2. The molecule has 0 saturated carbocycles. The van der Waals surface area contributed by atoms with Crippen LogP contribution in [0.2, 0.25) is 0 Å². The molecule has 1 heterocycles. The molecular formula is C11H17NO4. The maximum Gasteiger partial charge on any atom is 0.346 e. The fraction of sp³-hybridized carbons (Fsp3) is 0.636. The van der Waals surface area contributed by atoms with Crippen LogP contribution in [0.15, 0.2) is 11.3 Å². The SMILES string of the molecule is COC(=O)C1=C(O)C[C@H](CC(C)C)NC1=O. The Labute approximate surface area is 94.5 Å². The second-order valence-corrected chi connectivity index (χ2v) is 4.32. The average Bonchev–Trinajstić information content (AvgIpc) is 2.15. The maximum absolute atomic E-state index is 11.6. The molecule has 16 heavy (non-hydrogen) atoms. The van der Waals surface area contributed by atoms with E-state index in [-0.39, 0.29) is 23.8 Å². The van der Waals surface area contributed by atoms with Crippen molar-refractivity contribution >= 4 is 11.9 Å². The first-order valence-corrected chi connectivity index (χ1v) is 5.27. The molecule has 0 unspecified atom stereocenters. The van der Waals surface area contributed by atoms with Crippen molar-refractivity contribution in [2.24, 2.45) is 5.92 Å². The van der Waals surface area contributed by atoms with E-state index in [0.29, 0.717) is 5.92 Å². The fourth-order valence-corrected chi connectivity index (χ4v) is 1.80. The molecule has 5 heteroatoms. The number of hydrogen-bond acceptors (Lipinski definition) is 4. The highest BCUT2D eigenvalue weighted by Crippen LogP contribution is 2.20. The molecule has 1 amide bonds. The molecule has 0 spiro atoms. The number of aliphatic hydroxyl groups is 1. The lowest BCUT2D eigenvalue weighted by atomic mass is 9.95. The predicted molar refractivity (Wildman–Crippen MR) is 57.7 cm³/mol. The Balaban J connectivity index is 2.82. The van der Waals surface area contributed by atoms with E-state index in [9.17, 15) is 14.7 Å². The van der Waals surface area contributed by atoms with Crippen molar-refractivity contribution in [2.45, 2.75) is 32.7 Å². The lowest BCUT2D eigenvalue weighted by molar-refractivity contribution is -0.138. The monoisotopic (exact) mass is 227 g/mol. The molecule has 1 atom stereocenters. The summed E-state index contributed by atoms with van der Waals surface area (Å²) in [7, 11) is 1.18. The van der Waals surface area contributed by atoms with Crippen LogP contribution in [0.3, 0.4) is 0 Å². The van der Waals surface area contributed by atoms with Gasteiger partial charge >= 0.3 is 5.97 Å². The third-order valence-corrected chi connectivity index (χ3v) is 2.44. The topological polar surface area (TPSA) is 75.6 Å². The Bertz CT molecular complexity index is 333. The van der Waals surface area contributed by atoms with Crippen LogP contribution in [-0.2, 0) is 14.3 Å². The lowest BCUT2D eigenvalue weighted by Crippen LogP contribution is -2.43. The van der Waals surface area contributed by atoms with Crippen LogP contribution in [-0.4, -0.2) is 30.1 Å². The molecular weight excluding hydrogens is 210 g/mol. The van der Waals surface area contributed by atoms with E-state index in [4.69, 9.17) is 0 Å². The maximum atomic E-state index is 11.6. The van der Waals surface area contributed by atoms with Crippen LogP contribution in [0, 0.1) is 5.92 Å². The first kappa shape index (κ1) is 12.5. The molecule has 5 nitrogen and oxygen atoms in total. The van der Waals surface area contributed by atoms with Gasteiger partial charge in [0, 0.05) is 12.5 Å². The number of amides is 1. The minimum absolute atomic E-state index is 0.110. The zero-order chi connectivity index (χ0) is 12.3. The normalized spacial score (nSPS) is 21.0. The summed E-state index contributed by atoms with van der Waals surface area (Å²) in [6, 6.07) is -0.110. The molecule has 1 aliphatic heterocycles. The second-order valence-electron chi connectivity index (χ2n) is 4.32. The third kappa shape index (κ3) is 2.74. The Morgan fingerprint density at radius 3 is 2.69 bits per heavy atom. The molecule has 0 aromatic rings. The Kier molecular flexibility index (Phi) is 3.93. The van der Waals surface area contributed by atoms with Gasteiger partial charge in [0.15, 0.2) is 5.57 Å². The molecule has 2 N–H and O–H groups in total. The molecule has 1 rings (SSSR count). The standard InChI is InChI=1S/C11H17NO4/c1-6(2)4-7-5-8(13)9(10(14)12-7)11(15)16-3/h6-7,13H,4-5H2,1-3H3,(H,12,14)/t7-/m0/s1. The van der Waals surface area contributed by atoms with Gasteiger partial charge in [0.05, 0.1) is 7.11 Å². The summed E-state index contributed by atoms with van der Waals surface area (Å²) in [5, 5.41) is 12.3. The van der Waals surface area contributed by atoms with Crippen LogP contribution in [0.1, 0.15) is 26.7 Å². The van der Waals surface area contributed by atoms with Crippen LogP contribution >= 0.6 is 0 Å². The first-order valence-electron chi connectivity index (χ1n) is 5.27. The number of aliphatic hydroxyl groups excluding tert-OH is 1. The van der Waals surface area contributed by atoms with Gasteiger partial charge in [0.1, 0.15) is 5.76 Å². The van der Waals surface area contributed by atoms with E-state index >= 15 is 0 Å². The van der Waals surface area contributed by atoms with Crippen LogP contribution < -0.4 is 5.32 Å². The molecule has 0 bridgehead atoms. The summed E-state index contributed by atoms with van der Waals surface area (Å²) in [5.74, 6) is -1.11. The van der Waals surface area contributed by atoms with Crippen LogP contribution in [0.4, 0.5) is 0 Å². The van der Waals surface area contributed by atoms with E-state index in [1.165, 1.54) is 7.11 Å². The average molecular weight is 227 g/mol. The molecule has 0 aromatic carbocycles. The Hall–Kier alpha value is -1.52. The van der Waals surface area contributed by atoms with Crippen molar-refractivity contribution in [3.63, 3.8) is 0 Å². The summed E-state index contributed by atoms with van der Waals surface area (Å²) in [6.45, 7) is 4.06. The van der Waals surface area contributed by atoms with Gasteiger partial charge in [0.2, 0.25) is 0 Å². The number of ether oxygens (including phenoxy) is 1. The highest BCUT2D eigenvalue weighted by atomic mass is 16.5. The second kappa shape index (κ2) is 5.01. The van der Waals surface area contributed by atoms with Crippen LogP contribution in [0.25, 0.3) is 0 Å². The van der Waals surface area contributed by atoms with Crippen molar-refractivity contribution in [2.75, 3.05) is 7.11 Å². The van der Waals surface area contributed by atoms with E-state index in [0.717, 1.165) is 6.42 Å². The minimum atomic E-state index is -0.794. The van der Waals surface area contributed by atoms with Gasteiger partial charge in [-0.15, -0.1) is 0 Å². The summed E-state index contributed by atoms with van der Waals surface area (Å²) in [5.41, 5.74) is -0.275. The molecule has 0 aromatic heterocycles. The Morgan fingerprint density at radius 1 is 1.62 bits per heavy atom. The summed E-state index contributed by atoms with van der Waals surface area (Å²) in [6.07, 6.45) is 1.05. The van der Waals surface area contributed by atoms with Crippen molar-refractivity contribution in [3.05, 3.63) is 11.3 Å². The van der Waals surface area contributed by atoms with E-state index in [1.807, 2.05) is 13.8 Å². The fourth-order valence-electron chi connectivity index (χ4n) is 1.80. The number of esters is 1. The van der Waals surface area contributed by atoms with Gasteiger partial charge in [-0.2, -0.15) is 0 Å². The summed E-state index contributed by atoms with van der Waals surface area (Å²) >= 11 is 0. The Morgan fingerprint density at radius 2 is 2.25 bits per heavy atom. The van der Waals surface area contributed by atoms with E-state index in [2.05, 4.69) is 10.1 Å². The number of carbonyl (C=O) groups is 2. The molecule has 0 aliphatic carbocycles. The predicted octanol–water partition coefficient (Wildman–Crippen LogP) is 0.906. The zero-order valence-corrected chi connectivity index (χ0v) is 9.74. The van der Waals surface area contributed by atoms with Gasteiger partial charge < -0.3 is 15.2 Å². The van der Waals surface area contributed by atoms with Gasteiger partial charge in [-0.05, 0) is 12.3 Å². The van der Waals surface area contributed by atoms with E-state index in [1.54, 1.807) is 0 Å². The van der Waals surface area contributed by atoms with E-state index < -0.39 is 11.9 Å². The van der Waals surface area contributed by atoms with Gasteiger partial charge in [-0.1, -0.05) is 13.8 Å². The molecule has 0 fully saturated rings. The number of nitrogens with one attached hydrogen (secondary N) is 1. The van der Waals surface area contributed by atoms with Gasteiger partial charge in [0.25, 0.3) is 5.91 Å². The van der Waals surface area contributed by atoms with Crippen molar-refractivity contribution in [3.8, 4) is 0 Å². The summed E-state index contributed by atoms with van der Waals surface area (Å²) in [4.78, 5) is 22.8. The third-order valence-electron chi connectivity index (χ3n) is 2.44. The smallest absolute Gasteiger partial charge is 0.346 e. The van der Waals surface area contributed by atoms with Crippen LogP contribution in [0.5, 0.6) is 0 Å². The van der Waals surface area contributed by atoms with Gasteiger partial charge in [-0.3, -0.25) is 4.79 Å². The van der Waals surface area contributed by atoms with Crippen molar-refractivity contribution in [1.82, 2.24) is 5.32 Å². The number of methoxy groups -OCH3 is 1. The quantitative estimate of drug-likeness (QED) is 0.555. The highest BCUT2D eigenvalue weighted by molar-refractivity contribution is 6.17. The first-order chi connectivity index (χ1) is 7.45. The molecule has 1 aliphatic rings. The van der Waals surface area contributed by atoms with Crippen molar-refractivity contribution < 1.29 is 19.4 Å². The molecule has 0 saturated heterocycles. The largest absolute Gasteiger partial charge is 0.511 e.